The normalized spacial score (nSPS) is 10.1. The third kappa shape index (κ3) is 2.68. The minimum Gasteiger partial charge on any atom is -0.308 e. The van der Waals surface area contributed by atoms with Gasteiger partial charge in [-0.05, 0) is 30.8 Å². The minimum atomic E-state index is 0.603. The number of nitrogens with one attached hydrogen (secondary N) is 1. The molecule has 82 valence electrons. The molecule has 0 saturated heterocycles. The van der Waals surface area contributed by atoms with E-state index >= 15 is 0 Å². The summed E-state index contributed by atoms with van der Waals surface area (Å²) >= 11 is 1.47. The largest absolute Gasteiger partial charge is 0.308 e. The lowest BCUT2D eigenvalue weighted by atomic mass is 10.5. The second-order valence-corrected chi connectivity index (χ2v) is 4.09. The second-order valence-electron chi connectivity index (χ2n) is 3.05. The summed E-state index contributed by atoms with van der Waals surface area (Å²) in [5.41, 5.74) is 2.51. The molecule has 0 amide bonds. The van der Waals surface area contributed by atoms with E-state index in [4.69, 9.17) is 5.84 Å². The monoisotopic (exact) mass is 233 g/mol. The quantitative estimate of drug-likeness (QED) is 0.476. The van der Waals surface area contributed by atoms with Crippen LogP contribution < -0.4 is 11.3 Å². The van der Waals surface area contributed by atoms with E-state index in [0.29, 0.717) is 11.6 Å². The van der Waals surface area contributed by atoms with Crippen molar-refractivity contribution in [2.24, 2.45) is 5.84 Å². The molecular weight excluding hydrogens is 222 g/mol. The highest BCUT2D eigenvalue weighted by molar-refractivity contribution is 7.99. The maximum absolute atomic E-state index is 5.32. The van der Waals surface area contributed by atoms with Crippen LogP contribution in [0.3, 0.4) is 0 Å². The van der Waals surface area contributed by atoms with E-state index in [-0.39, 0.29) is 0 Å². The Morgan fingerprint density at radius 3 is 2.81 bits per heavy atom. The van der Waals surface area contributed by atoms with Crippen LogP contribution in [0.4, 0.5) is 5.82 Å². The van der Waals surface area contributed by atoms with E-state index in [1.54, 1.807) is 12.3 Å². The van der Waals surface area contributed by atoms with Crippen molar-refractivity contribution in [1.82, 2.24) is 15.0 Å². The van der Waals surface area contributed by atoms with Gasteiger partial charge in [0.1, 0.15) is 21.7 Å². The van der Waals surface area contributed by atoms with E-state index < -0.39 is 0 Å². The van der Waals surface area contributed by atoms with Crippen molar-refractivity contribution in [3.05, 3.63) is 36.3 Å². The number of hydrazine groups is 1. The van der Waals surface area contributed by atoms with E-state index in [9.17, 15) is 0 Å². The van der Waals surface area contributed by atoms with Gasteiger partial charge in [-0.15, -0.1) is 0 Å². The average Bonchev–Trinajstić information content (AvgIpc) is 2.29. The van der Waals surface area contributed by atoms with Gasteiger partial charge in [-0.1, -0.05) is 6.07 Å². The molecule has 0 atom stereocenters. The molecule has 0 unspecified atom stereocenters. The minimum absolute atomic E-state index is 0.603. The van der Waals surface area contributed by atoms with Gasteiger partial charge in [0.25, 0.3) is 0 Å². The molecule has 0 aromatic carbocycles. The standard InChI is InChI=1S/C10H11N5S/c1-7-13-8(15-11)6-10(14-7)16-9-4-2-3-5-12-9/h2-6H,11H2,1H3,(H,13,14,15). The predicted octanol–water partition coefficient (Wildman–Crippen LogP) is 1.62. The van der Waals surface area contributed by atoms with Crippen LogP contribution in [0, 0.1) is 6.92 Å². The first-order valence-electron chi connectivity index (χ1n) is 4.69. The van der Waals surface area contributed by atoms with Gasteiger partial charge in [-0.25, -0.2) is 20.8 Å². The molecule has 2 rings (SSSR count). The van der Waals surface area contributed by atoms with Gasteiger partial charge in [0.2, 0.25) is 0 Å². The number of hydrogen-bond donors (Lipinski definition) is 2. The number of aryl methyl sites for hydroxylation is 1. The Hall–Kier alpha value is -1.66. The molecule has 3 N–H and O–H groups in total. The van der Waals surface area contributed by atoms with Crippen molar-refractivity contribution in [2.75, 3.05) is 5.43 Å². The smallest absolute Gasteiger partial charge is 0.144 e. The molecule has 0 aliphatic carbocycles. The van der Waals surface area contributed by atoms with Crippen molar-refractivity contribution in [1.29, 1.82) is 0 Å². The first-order chi connectivity index (χ1) is 7.78. The summed E-state index contributed by atoms with van der Waals surface area (Å²) in [5.74, 6) is 6.59. The molecule has 0 aliphatic rings. The zero-order chi connectivity index (χ0) is 11.4. The number of anilines is 1. The number of nitrogen functional groups attached to an aromatic ring is 1. The topological polar surface area (TPSA) is 76.7 Å². The molecule has 5 nitrogen and oxygen atoms in total. The summed E-state index contributed by atoms with van der Waals surface area (Å²) in [6, 6.07) is 7.53. The summed E-state index contributed by atoms with van der Waals surface area (Å²) in [7, 11) is 0. The zero-order valence-electron chi connectivity index (χ0n) is 8.71. The Bertz CT molecular complexity index is 474. The zero-order valence-corrected chi connectivity index (χ0v) is 9.53. The Labute approximate surface area is 97.5 Å². The summed E-state index contributed by atoms with van der Waals surface area (Å²) < 4.78 is 0. The van der Waals surface area contributed by atoms with Gasteiger partial charge in [0.05, 0.1) is 0 Å². The van der Waals surface area contributed by atoms with Gasteiger partial charge < -0.3 is 5.43 Å². The molecule has 0 aliphatic heterocycles. The number of pyridine rings is 1. The molecule has 0 radical (unpaired) electrons. The van der Waals surface area contributed by atoms with Crippen LogP contribution in [-0.2, 0) is 0 Å². The third-order valence-corrected chi connectivity index (χ3v) is 2.68. The maximum atomic E-state index is 5.32. The van der Waals surface area contributed by atoms with Crippen LogP contribution in [0.1, 0.15) is 5.82 Å². The lowest BCUT2D eigenvalue weighted by molar-refractivity contribution is 0.960. The number of rotatable bonds is 3. The number of nitrogens with two attached hydrogens (primary N) is 1. The number of nitrogens with zero attached hydrogens (tertiary/aromatic N) is 3. The highest BCUT2D eigenvalue weighted by Gasteiger charge is 2.03. The molecular formula is C10H11N5S. The summed E-state index contributed by atoms with van der Waals surface area (Å²) in [6.45, 7) is 1.82. The highest BCUT2D eigenvalue weighted by Crippen LogP contribution is 2.24. The number of hydrogen-bond acceptors (Lipinski definition) is 6. The van der Waals surface area contributed by atoms with Crippen molar-refractivity contribution < 1.29 is 0 Å². The van der Waals surface area contributed by atoms with Crippen molar-refractivity contribution >= 4 is 17.6 Å². The molecule has 0 bridgehead atoms. The van der Waals surface area contributed by atoms with Crippen LogP contribution in [-0.4, -0.2) is 15.0 Å². The van der Waals surface area contributed by atoms with Crippen molar-refractivity contribution in [3.63, 3.8) is 0 Å². The van der Waals surface area contributed by atoms with Crippen molar-refractivity contribution in [2.45, 2.75) is 17.0 Å². The molecule has 2 aromatic heterocycles. The van der Waals surface area contributed by atoms with Crippen molar-refractivity contribution in [3.8, 4) is 0 Å². The summed E-state index contributed by atoms with van der Waals surface area (Å²) in [4.78, 5) is 12.6. The second kappa shape index (κ2) is 4.91. The van der Waals surface area contributed by atoms with Crippen LogP contribution in [0.2, 0.25) is 0 Å². The van der Waals surface area contributed by atoms with Gasteiger partial charge >= 0.3 is 0 Å². The van der Waals surface area contributed by atoms with E-state index in [1.807, 2.05) is 25.1 Å². The van der Waals surface area contributed by atoms with Gasteiger partial charge in [-0.2, -0.15) is 0 Å². The average molecular weight is 233 g/mol. The fourth-order valence-corrected chi connectivity index (χ4v) is 2.00. The molecule has 6 heteroatoms. The van der Waals surface area contributed by atoms with Crippen LogP contribution in [0.25, 0.3) is 0 Å². The van der Waals surface area contributed by atoms with Crippen LogP contribution in [0.15, 0.2) is 40.5 Å². The third-order valence-electron chi connectivity index (χ3n) is 1.81. The van der Waals surface area contributed by atoms with Gasteiger partial charge in [0, 0.05) is 12.3 Å². The molecule has 0 fully saturated rings. The Morgan fingerprint density at radius 1 is 1.25 bits per heavy atom. The predicted molar refractivity (Wildman–Crippen MR) is 62.9 cm³/mol. The SMILES string of the molecule is Cc1nc(NN)cc(Sc2ccccn2)n1. The molecule has 2 heterocycles. The summed E-state index contributed by atoms with van der Waals surface area (Å²) in [6.07, 6.45) is 1.75. The van der Waals surface area contributed by atoms with Crippen LogP contribution >= 0.6 is 11.8 Å². The Kier molecular flexibility index (Phi) is 3.33. The van der Waals surface area contributed by atoms with E-state index in [2.05, 4.69) is 20.4 Å². The van der Waals surface area contributed by atoms with Gasteiger partial charge in [-0.3, -0.25) is 0 Å². The highest BCUT2D eigenvalue weighted by atomic mass is 32.2. The maximum Gasteiger partial charge on any atom is 0.144 e. The first-order valence-corrected chi connectivity index (χ1v) is 5.51. The summed E-state index contributed by atoms with van der Waals surface area (Å²) in [5, 5.41) is 1.71. The van der Waals surface area contributed by atoms with E-state index in [1.165, 1.54) is 11.8 Å². The molecule has 0 spiro atoms. The number of aromatic nitrogens is 3. The molecule has 16 heavy (non-hydrogen) atoms. The first kappa shape index (κ1) is 10.8. The Balaban J connectivity index is 2.24. The fraction of sp³-hybridized carbons (Fsp3) is 0.100. The lowest BCUT2D eigenvalue weighted by Crippen LogP contribution is -2.09. The fourth-order valence-electron chi connectivity index (χ4n) is 1.18. The van der Waals surface area contributed by atoms with E-state index in [0.717, 1.165) is 10.1 Å². The van der Waals surface area contributed by atoms with Gasteiger partial charge in [0.15, 0.2) is 0 Å². The Morgan fingerprint density at radius 2 is 2.12 bits per heavy atom. The van der Waals surface area contributed by atoms with Crippen LogP contribution in [0.5, 0.6) is 0 Å². The molecule has 0 saturated carbocycles. The molecule has 2 aromatic rings. The lowest BCUT2D eigenvalue weighted by Gasteiger charge is -2.04.